The van der Waals surface area contributed by atoms with Gasteiger partial charge in [-0.25, -0.2) is 4.79 Å². The average molecular weight is 456 g/mol. The third-order valence-electron chi connectivity index (χ3n) is 5.81. The van der Waals surface area contributed by atoms with E-state index < -0.39 is 5.60 Å². The molecule has 3 aromatic carbocycles. The van der Waals surface area contributed by atoms with Crippen molar-refractivity contribution in [3.05, 3.63) is 90.5 Å². The maximum atomic E-state index is 12.8. The molecule has 0 spiro atoms. The number of hydrogen-bond acceptors (Lipinski definition) is 2. The molecular formula is C30H31O2S+. The quantitative estimate of drug-likeness (QED) is 0.229. The van der Waals surface area contributed by atoms with E-state index in [-0.39, 0.29) is 16.9 Å². The van der Waals surface area contributed by atoms with Gasteiger partial charge in [0.15, 0.2) is 20.3 Å². The first kappa shape index (κ1) is 23.2. The van der Waals surface area contributed by atoms with Crippen LogP contribution in [0.2, 0.25) is 0 Å². The van der Waals surface area contributed by atoms with Gasteiger partial charge in [-0.1, -0.05) is 67.5 Å². The largest absolute Gasteiger partial charge is 0.443 e. The van der Waals surface area contributed by atoms with Gasteiger partial charge in [-0.05, 0) is 75.2 Å². The molecule has 33 heavy (non-hydrogen) atoms. The first-order valence-electron chi connectivity index (χ1n) is 11.7. The Morgan fingerprint density at radius 2 is 1.30 bits per heavy atom. The lowest BCUT2D eigenvalue weighted by Gasteiger charge is -2.20. The molecule has 1 fully saturated rings. The van der Waals surface area contributed by atoms with Crippen LogP contribution in [0.25, 0.3) is 0 Å². The van der Waals surface area contributed by atoms with Crippen molar-refractivity contribution in [1.82, 2.24) is 0 Å². The Morgan fingerprint density at radius 1 is 0.788 bits per heavy atom. The topological polar surface area (TPSA) is 26.3 Å². The molecule has 0 saturated heterocycles. The van der Waals surface area contributed by atoms with Crippen molar-refractivity contribution in [2.75, 3.05) is 0 Å². The predicted molar refractivity (Wildman–Crippen MR) is 135 cm³/mol. The van der Waals surface area contributed by atoms with Crippen molar-refractivity contribution in [2.45, 2.75) is 66.2 Å². The highest BCUT2D eigenvalue weighted by molar-refractivity contribution is 7.97. The Kier molecular flexibility index (Phi) is 7.57. The van der Waals surface area contributed by atoms with E-state index in [4.69, 9.17) is 4.74 Å². The molecule has 0 unspecified atom stereocenters. The minimum absolute atomic E-state index is 0.236. The van der Waals surface area contributed by atoms with Crippen molar-refractivity contribution in [2.24, 2.45) is 5.92 Å². The van der Waals surface area contributed by atoms with Gasteiger partial charge >= 0.3 is 5.97 Å². The summed E-state index contributed by atoms with van der Waals surface area (Å²) in [6.45, 7) is 3.74. The normalized spacial score (nSPS) is 14.4. The van der Waals surface area contributed by atoms with Gasteiger partial charge in [0.2, 0.25) is 0 Å². The lowest BCUT2D eigenvalue weighted by Crippen LogP contribution is -2.26. The molecule has 4 rings (SSSR count). The zero-order valence-electron chi connectivity index (χ0n) is 19.4. The van der Waals surface area contributed by atoms with E-state index in [1.807, 2.05) is 50.2 Å². The minimum Gasteiger partial charge on any atom is -0.443 e. The maximum Gasteiger partial charge on any atom is 0.339 e. The van der Waals surface area contributed by atoms with Gasteiger partial charge in [-0.3, -0.25) is 0 Å². The second-order valence-corrected chi connectivity index (χ2v) is 11.0. The Bertz CT molecular complexity index is 1060. The highest BCUT2D eigenvalue weighted by Crippen LogP contribution is 2.31. The van der Waals surface area contributed by atoms with Crippen molar-refractivity contribution < 1.29 is 9.53 Å². The van der Waals surface area contributed by atoms with Gasteiger partial charge in [0.25, 0.3) is 0 Å². The second-order valence-electron chi connectivity index (χ2n) is 8.96. The van der Waals surface area contributed by atoms with Crippen LogP contribution >= 0.6 is 0 Å². The molecular weight excluding hydrogens is 424 g/mol. The molecule has 0 aliphatic heterocycles. The fourth-order valence-corrected chi connectivity index (χ4v) is 6.17. The lowest BCUT2D eigenvalue weighted by atomic mass is 9.89. The average Bonchev–Trinajstić information content (AvgIpc) is 2.85. The summed E-state index contributed by atoms with van der Waals surface area (Å²) >= 11 is 0. The SMILES string of the molecule is CC(C)(C#CC1CCCCC1)OC(=O)c1ccc([S+](c2ccccc2)c2ccccc2)cc1. The Labute approximate surface area is 200 Å². The summed E-state index contributed by atoms with van der Waals surface area (Å²) in [5, 5.41) is 0. The molecule has 0 amide bonds. The third kappa shape index (κ3) is 6.30. The van der Waals surface area contributed by atoms with Crippen LogP contribution in [0.3, 0.4) is 0 Å². The monoisotopic (exact) mass is 455 g/mol. The zero-order valence-corrected chi connectivity index (χ0v) is 20.2. The number of rotatable bonds is 5. The van der Waals surface area contributed by atoms with Crippen molar-refractivity contribution >= 4 is 16.9 Å². The molecule has 0 N–H and O–H groups in total. The summed E-state index contributed by atoms with van der Waals surface area (Å²) in [4.78, 5) is 16.5. The van der Waals surface area contributed by atoms with E-state index >= 15 is 0 Å². The van der Waals surface area contributed by atoms with Gasteiger partial charge in [-0.15, -0.1) is 0 Å². The zero-order chi connectivity index (χ0) is 23.1. The number of esters is 1. The molecule has 1 saturated carbocycles. The summed E-state index contributed by atoms with van der Waals surface area (Å²) in [6, 6.07) is 28.8. The van der Waals surface area contributed by atoms with E-state index in [0.29, 0.717) is 11.5 Å². The highest BCUT2D eigenvalue weighted by atomic mass is 32.2. The summed E-state index contributed by atoms with van der Waals surface area (Å²) in [6.07, 6.45) is 6.12. The molecule has 1 aliphatic carbocycles. The van der Waals surface area contributed by atoms with Crippen LogP contribution in [-0.2, 0) is 15.6 Å². The van der Waals surface area contributed by atoms with E-state index in [1.54, 1.807) is 0 Å². The minimum atomic E-state index is -0.800. The number of hydrogen-bond donors (Lipinski definition) is 0. The van der Waals surface area contributed by atoms with Gasteiger partial charge in [0, 0.05) is 5.92 Å². The van der Waals surface area contributed by atoms with Crippen LogP contribution in [0.15, 0.2) is 99.6 Å². The molecule has 0 aromatic heterocycles. The van der Waals surface area contributed by atoms with Crippen LogP contribution in [0.5, 0.6) is 0 Å². The number of benzene rings is 3. The molecule has 0 atom stereocenters. The number of carbonyl (C=O) groups is 1. The Morgan fingerprint density at radius 3 is 1.85 bits per heavy atom. The molecule has 0 bridgehead atoms. The molecule has 3 heteroatoms. The standard InChI is InChI=1S/C30H31O2S/c1-30(2,23-22-24-12-6-3-7-13-24)32-29(31)25-18-20-28(21-19-25)33(26-14-8-4-9-15-26)27-16-10-5-11-17-27/h4-5,8-11,14-21,24H,3,6-7,12-13H2,1-2H3/q+1. The maximum absolute atomic E-state index is 12.8. The van der Waals surface area contributed by atoms with E-state index in [1.165, 1.54) is 33.9 Å². The van der Waals surface area contributed by atoms with Crippen molar-refractivity contribution in [1.29, 1.82) is 0 Å². The summed E-state index contributed by atoms with van der Waals surface area (Å²) < 4.78 is 5.77. The van der Waals surface area contributed by atoms with Crippen LogP contribution < -0.4 is 0 Å². The fraction of sp³-hybridized carbons (Fsp3) is 0.300. The molecule has 1 aliphatic rings. The van der Waals surface area contributed by atoms with E-state index in [0.717, 1.165) is 12.8 Å². The Hall–Kier alpha value is -2.96. The van der Waals surface area contributed by atoms with Crippen LogP contribution in [-0.4, -0.2) is 11.6 Å². The molecule has 3 aromatic rings. The van der Waals surface area contributed by atoms with Gasteiger partial charge in [-0.2, -0.15) is 0 Å². The molecule has 0 heterocycles. The van der Waals surface area contributed by atoms with Gasteiger partial charge < -0.3 is 4.74 Å². The predicted octanol–water partition coefficient (Wildman–Crippen LogP) is 7.30. The first-order valence-corrected chi connectivity index (χ1v) is 12.9. The molecule has 168 valence electrons. The lowest BCUT2D eigenvalue weighted by molar-refractivity contribution is 0.0203. The van der Waals surface area contributed by atoms with Crippen LogP contribution in [0.1, 0.15) is 56.3 Å². The summed E-state index contributed by atoms with van der Waals surface area (Å²) in [7, 11) is -0.236. The third-order valence-corrected chi connectivity index (χ3v) is 8.04. The van der Waals surface area contributed by atoms with Gasteiger partial charge in [0.05, 0.1) is 16.5 Å². The molecule has 0 radical (unpaired) electrons. The van der Waals surface area contributed by atoms with E-state index in [9.17, 15) is 4.79 Å². The first-order chi connectivity index (χ1) is 16.0. The van der Waals surface area contributed by atoms with E-state index in [2.05, 4.69) is 60.4 Å². The smallest absolute Gasteiger partial charge is 0.339 e. The van der Waals surface area contributed by atoms with Gasteiger partial charge in [0.1, 0.15) is 0 Å². The summed E-state index contributed by atoms with van der Waals surface area (Å²) in [5.74, 6) is 6.67. The Balaban J connectivity index is 1.50. The second kappa shape index (κ2) is 10.8. The van der Waals surface area contributed by atoms with Crippen molar-refractivity contribution in [3.8, 4) is 11.8 Å². The highest BCUT2D eigenvalue weighted by Gasteiger charge is 2.29. The van der Waals surface area contributed by atoms with Crippen LogP contribution in [0.4, 0.5) is 0 Å². The summed E-state index contributed by atoms with van der Waals surface area (Å²) in [5.41, 5.74) is -0.248. The number of ether oxygens (including phenoxy) is 1. The molecule has 2 nitrogen and oxygen atoms in total. The fourth-order valence-electron chi connectivity index (χ4n) is 4.09. The van der Waals surface area contributed by atoms with Crippen molar-refractivity contribution in [3.63, 3.8) is 0 Å². The number of carbonyl (C=O) groups excluding carboxylic acids is 1. The van der Waals surface area contributed by atoms with Crippen LogP contribution in [0, 0.1) is 17.8 Å².